The Hall–Kier alpha value is -1.39. The summed E-state index contributed by atoms with van der Waals surface area (Å²) in [6.07, 6.45) is 2.13. The molecule has 1 aromatic rings. The summed E-state index contributed by atoms with van der Waals surface area (Å²) in [7, 11) is 0. The number of carbonyl (C=O) groups excluding carboxylic acids is 1. The lowest BCUT2D eigenvalue weighted by atomic mass is 10.1. The van der Waals surface area contributed by atoms with Crippen LogP contribution in [-0.2, 0) is 9.53 Å². The van der Waals surface area contributed by atoms with Crippen LogP contribution in [0.2, 0.25) is 0 Å². The highest BCUT2D eigenvalue weighted by Gasteiger charge is 2.33. The van der Waals surface area contributed by atoms with Gasteiger partial charge in [0.2, 0.25) is 5.91 Å². The summed E-state index contributed by atoms with van der Waals surface area (Å²) in [5.74, 6) is 0.235. The molecule has 2 aliphatic heterocycles. The van der Waals surface area contributed by atoms with Crippen LogP contribution in [0, 0.1) is 0 Å². The maximum atomic E-state index is 12.5. The Morgan fingerprint density at radius 2 is 2.10 bits per heavy atom. The number of hydrogen-bond acceptors (Lipinski definition) is 3. The first-order chi connectivity index (χ1) is 9.74. The molecule has 3 rings (SSSR count). The van der Waals surface area contributed by atoms with E-state index >= 15 is 0 Å². The third-order valence-corrected chi connectivity index (χ3v) is 4.10. The highest BCUT2D eigenvalue weighted by atomic mass is 16.5. The molecule has 0 bridgehead atoms. The van der Waals surface area contributed by atoms with E-state index < -0.39 is 0 Å². The normalized spacial score (nSPS) is 30.4. The molecule has 3 unspecified atom stereocenters. The zero-order chi connectivity index (χ0) is 13.9. The fraction of sp³-hybridized carbons (Fsp3) is 0.562. The van der Waals surface area contributed by atoms with Crippen molar-refractivity contribution in [3.8, 4) is 0 Å². The molecule has 4 nitrogen and oxygen atoms in total. The van der Waals surface area contributed by atoms with E-state index in [1.807, 2.05) is 30.0 Å². The molecule has 2 fully saturated rings. The summed E-state index contributed by atoms with van der Waals surface area (Å²) in [5.41, 5.74) is 1.15. The summed E-state index contributed by atoms with van der Waals surface area (Å²) in [4.78, 5) is 14.5. The van der Waals surface area contributed by atoms with Gasteiger partial charge in [0.25, 0.3) is 0 Å². The van der Waals surface area contributed by atoms with E-state index in [-0.39, 0.29) is 24.2 Å². The van der Waals surface area contributed by atoms with E-state index in [0.29, 0.717) is 13.1 Å². The first kappa shape index (κ1) is 13.6. The molecule has 4 heteroatoms. The van der Waals surface area contributed by atoms with Crippen LogP contribution in [0.25, 0.3) is 0 Å². The number of nitrogens with zero attached hydrogens (tertiary/aromatic N) is 1. The van der Waals surface area contributed by atoms with Gasteiger partial charge in [-0.3, -0.25) is 4.79 Å². The minimum absolute atomic E-state index is 0.00898. The van der Waals surface area contributed by atoms with Crippen LogP contribution in [0.15, 0.2) is 30.3 Å². The van der Waals surface area contributed by atoms with E-state index in [1.165, 1.54) is 0 Å². The van der Waals surface area contributed by atoms with Crippen molar-refractivity contribution in [1.82, 2.24) is 10.2 Å². The average molecular weight is 274 g/mol. The molecule has 2 aliphatic rings. The highest BCUT2D eigenvalue weighted by molar-refractivity contribution is 5.82. The van der Waals surface area contributed by atoms with Gasteiger partial charge in [-0.05, 0) is 31.9 Å². The fourth-order valence-corrected chi connectivity index (χ4v) is 3.10. The number of hydrogen-bond donors (Lipinski definition) is 1. The predicted octanol–water partition coefficient (Wildman–Crippen LogP) is 1.73. The SMILES string of the molecule is CC1CN(C(=O)C2CCCN2)CC(c2ccccc2)O1. The van der Waals surface area contributed by atoms with Gasteiger partial charge >= 0.3 is 0 Å². The number of rotatable bonds is 2. The van der Waals surface area contributed by atoms with Gasteiger partial charge < -0.3 is 15.0 Å². The van der Waals surface area contributed by atoms with Gasteiger partial charge in [-0.2, -0.15) is 0 Å². The molecule has 3 atom stereocenters. The van der Waals surface area contributed by atoms with E-state index in [2.05, 4.69) is 17.4 Å². The molecule has 0 saturated carbocycles. The van der Waals surface area contributed by atoms with Crippen LogP contribution in [0.1, 0.15) is 31.4 Å². The van der Waals surface area contributed by atoms with E-state index in [1.54, 1.807) is 0 Å². The van der Waals surface area contributed by atoms with Crippen molar-refractivity contribution in [2.45, 2.75) is 38.0 Å². The lowest BCUT2D eigenvalue weighted by molar-refractivity contribution is -0.146. The van der Waals surface area contributed by atoms with Crippen LogP contribution in [0.4, 0.5) is 0 Å². The number of morpholine rings is 1. The Kier molecular flexibility index (Phi) is 4.03. The van der Waals surface area contributed by atoms with Crippen molar-refractivity contribution in [3.63, 3.8) is 0 Å². The molecule has 0 aromatic heterocycles. The number of nitrogens with one attached hydrogen (secondary N) is 1. The van der Waals surface area contributed by atoms with E-state index in [0.717, 1.165) is 24.9 Å². The highest BCUT2D eigenvalue weighted by Crippen LogP contribution is 2.26. The Morgan fingerprint density at radius 3 is 2.80 bits per heavy atom. The average Bonchev–Trinajstić information content (AvgIpc) is 3.01. The van der Waals surface area contributed by atoms with Crippen molar-refractivity contribution in [3.05, 3.63) is 35.9 Å². The van der Waals surface area contributed by atoms with Crippen LogP contribution in [0.3, 0.4) is 0 Å². The largest absolute Gasteiger partial charge is 0.367 e. The Morgan fingerprint density at radius 1 is 1.30 bits per heavy atom. The van der Waals surface area contributed by atoms with Crippen molar-refractivity contribution in [1.29, 1.82) is 0 Å². The first-order valence-corrected chi connectivity index (χ1v) is 7.46. The standard InChI is InChI=1S/C16H22N2O2/c1-12-10-18(16(19)14-8-5-9-17-14)11-15(20-12)13-6-3-2-4-7-13/h2-4,6-7,12,14-15,17H,5,8-11H2,1H3. The summed E-state index contributed by atoms with van der Waals surface area (Å²) in [6, 6.07) is 10.2. The predicted molar refractivity (Wildman–Crippen MR) is 77.3 cm³/mol. The maximum Gasteiger partial charge on any atom is 0.239 e. The summed E-state index contributed by atoms with van der Waals surface area (Å²) >= 11 is 0. The number of amides is 1. The molecule has 1 amide bonds. The monoisotopic (exact) mass is 274 g/mol. The Labute approximate surface area is 120 Å². The molecule has 1 aromatic carbocycles. The molecule has 0 spiro atoms. The zero-order valence-corrected chi connectivity index (χ0v) is 11.9. The molecule has 1 N–H and O–H groups in total. The van der Waals surface area contributed by atoms with E-state index in [9.17, 15) is 4.79 Å². The lowest BCUT2D eigenvalue weighted by Crippen LogP contribution is -2.51. The second kappa shape index (κ2) is 5.94. The van der Waals surface area contributed by atoms with Gasteiger partial charge in [-0.1, -0.05) is 30.3 Å². The summed E-state index contributed by atoms with van der Waals surface area (Å²) < 4.78 is 6.00. The second-order valence-electron chi connectivity index (χ2n) is 5.74. The topological polar surface area (TPSA) is 41.6 Å². The summed E-state index contributed by atoms with van der Waals surface area (Å²) in [6.45, 7) is 4.35. The van der Waals surface area contributed by atoms with Crippen LogP contribution in [-0.4, -0.2) is 42.6 Å². The second-order valence-corrected chi connectivity index (χ2v) is 5.74. The smallest absolute Gasteiger partial charge is 0.239 e. The van der Waals surface area contributed by atoms with Crippen molar-refractivity contribution >= 4 is 5.91 Å². The van der Waals surface area contributed by atoms with Gasteiger partial charge in [-0.25, -0.2) is 0 Å². The zero-order valence-electron chi connectivity index (χ0n) is 11.9. The number of carbonyl (C=O) groups is 1. The van der Waals surface area contributed by atoms with Crippen LogP contribution in [0.5, 0.6) is 0 Å². The number of ether oxygens (including phenoxy) is 1. The quantitative estimate of drug-likeness (QED) is 0.893. The molecule has 2 saturated heterocycles. The van der Waals surface area contributed by atoms with Crippen molar-refractivity contribution in [2.24, 2.45) is 0 Å². The lowest BCUT2D eigenvalue weighted by Gasteiger charge is -2.38. The molecule has 0 radical (unpaired) electrons. The van der Waals surface area contributed by atoms with Gasteiger partial charge in [-0.15, -0.1) is 0 Å². The minimum atomic E-state index is -0.00898. The minimum Gasteiger partial charge on any atom is -0.367 e. The van der Waals surface area contributed by atoms with Crippen molar-refractivity contribution in [2.75, 3.05) is 19.6 Å². The van der Waals surface area contributed by atoms with Gasteiger partial charge in [0.15, 0.2) is 0 Å². The Balaban J connectivity index is 1.71. The van der Waals surface area contributed by atoms with Gasteiger partial charge in [0, 0.05) is 6.54 Å². The van der Waals surface area contributed by atoms with E-state index in [4.69, 9.17) is 4.74 Å². The van der Waals surface area contributed by atoms with Crippen LogP contribution >= 0.6 is 0 Å². The Bertz CT molecular complexity index is 457. The first-order valence-electron chi connectivity index (χ1n) is 7.46. The van der Waals surface area contributed by atoms with Gasteiger partial charge in [0.1, 0.15) is 6.10 Å². The maximum absolute atomic E-state index is 12.5. The third-order valence-electron chi connectivity index (χ3n) is 4.10. The van der Waals surface area contributed by atoms with Gasteiger partial charge in [0.05, 0.1) is 18.7 Å². The number of benzene rings is 1. The molecule has 2 heterocycles. The summed E-state index contributed by atoms with van der Waals surface area (Å²) in [5, 5.41) is 3.29. The molecule has 20 heavy (non-hydrogen) atoms. The van der Waals surface area contributed by atoms with Crippen LogP contribution < -0.4 is 5.32 Å². The molecule has 108 valence electrons. The third kappa shape index (κ3) is 2.86. The van der Waals surface area contributed by atoms with Crippen molar-refractivity contribution < 1.29 is 9.53 Å². The molecule has 0 aliphatic carbocycles. The molecular formula is C16H22N2O2. The fourth-order valence-electron chi connectivity index (χ4n) is 3.10. The molecular weight excluding hydrogens is 252 g/mol.